The van der Waals surface area contributed by atoms with Gasteiger partial charge in [-0.2, -0.15) is 17.5 Å². The number of hydrogen-bond donors (Lipinski definition) is 2. The van der Waals surface area contributed by atoms with Crippen molar-refractivity contribution in [2.24, 2.45) is 0 Å². The number of sulfonamides is 1. The normalized spacial score (nSPS) is 12.2. The summed E-state index contributed by atoms with van der Waals surface area (Å²) in [6.07, 6.45) is -0.710. The molecular formula is C11H12F3N3O6S. The van der Waals surface area contributed by atoms with Gasteiger partial charge in [0.05, 0.1) is 4.92 Å². The van der Waals surface area contributed by atoms with E-state index in [4.69, 9.17) is 5.21 Å². The van der Waals surface area contributed by atoms with E-state index in [9.17, 15) is 36.5 Å². The third-order valence-corrected chi connectivity index (χ3v) is 4.43. The molecular weight excluding hydrogens is 359 g/mol. The van der Waals surface area contributed by atoms with Crippen LogP contribution in [0.5, 0.6) is 0 Å². The number of hydrogen-bond acceptors (Lipinski definition) is 6. The van der Waals surface area contributed by atoms with Crippen LogP contribution in [-0.4, -0.2) is 40.8 Å². The SMILES string of the molecule is O=C(CCN(Cc1ccc([N+](=O)[O-])cc1)S(=O)(=O)C(F)(F)F)NO. The Labute approximate surface area is 133 Å². The highest BCUT2D eigenvalue weighted by Crippen LogP contribution is 2.28. The van der Waals surface area contributed by atoms with Crippen LogP contribution in [-0.2, 0) is 21.4 Å². The van der Waals surface area contributed by atoms with Crippen LogP contribution in [0.2, 0.25) is 0 Å². The molecule has 134 valence electrons. The van der Waals surface area contributed by atoms with Crippen molar-refractivity contribution in [2.75, 3.05) is 6.54 Å². The van der Waals surface area contributed by atoms with Crippen LogP contribution >= 0.6 is 0 Å². The third-order valence-electron chi connectivity index (χ3n) is 2.85. The number of halogens is 3. The van der Waals surface area contributed by atoms with Gasteiger partial charge in [0.25, 0.3) is 5.69 Å². The molecule has 1 amide bonds. The lowest BCUT2D eigenvalue weighted by molar-refractivity contribution is -0.384. The molecule has 1 rings (SSSR count). The minimum atomic E-state index is -5.73. The van der Waals surface area contributed by atoms with Crippen LogP contribution in [0.15, 0.2) is 24.3 Å². The first-order valence-electron chi connectivity index (χ1n) is 6.21. The van der Waals surface area contributed by atoms with E-state index in [1.807, 2.05) is 0 Å². The Bertz CT molecular complexity index is 705. The summed E-state index contributed by atoms with van der Waals surface area (Å²) in [6, 6.07) is 4.22. The lowest BCUT2D eigenvalue weighted by Gasteiger charge is -2.23. The molecule has 0 aromatic heterocycles. The number of amides is 1. The number of rotatable bonds is 7. The van der Waals surface area contributed by atoms with Crippen molar-refractivity contribution >= 4 is 21.6 Å². The van der Waals surface area contributed by atoms with E-state index in [0.717, 1.165) is 24.3 Å². The van der Waals surface area contributed by atoms with E-state index >= 15 is 0 Å². The number of hydroxylamine groups is 1. The van der Waals surface area contributed by atoms with E-state index in [-0.39, 0.29) is 15.6 Å². The topological polar surface area (TPSA) is 130 Å². The molecule has 24 heavy (non-hydrogen) atoms. The number of carbonyl (C=O) groups is 1. The van der Waals surface area contributed by atoms with E-state index in [1.165, 1.54) is 5.48 Å². The summed E-state index contributed by atoms with van der Waals surface area (Å²) in [6.45, 7) is -1.59. The molecule has 0 heterocycles. The zero-order valence-electron chi connectivity index (χ0n) is 11.9. The van der Waals surface area contributed by atoms with Gasteiger partial charge in [0, 0.05) is 31.6 Å². The molecule has 9 nitrogen and oxygen atoms in total. The van der Waals surface area contributed by atoms with Gasteiger partial charge in [-0.1, -0.05) is 12.1 Å². The minimum Gasteiger partial charge on any atom is -0.289 e. The Hall–Kier alpha value is -2.25. The number of non-ortho nitro benzene ring substituents is 1. The van der Waals surface area contributed by atoms with Gasteiger partial charge < -0.3 is 0 Å². The maximum atomic E-state index is 12.7. The van der Waals surface area contributed by atoms with Gasteiger partial charge in [0.15, 0.2) is 0 Å². The lowest BCUT2D eigenvalue weighted by atomic mass is 10.2. The first-order chi connectivity index (χ1) is 11.0. The van der Waals surface area contributed by atoms with Crippen molar-refractivity contribution in [3.8, 4) is 0 Å². The summed E-state index contributed by atoms with van der Waals surface area (Å²) in [5.74, 6) is -1.07. The fraction of sp³-hybridized carbons (Fsp3) is 0.364. The minimum absolute atomic E-state index is 0.00338. The fourth-order valence-electron chi connectivity index (χ4n) is 1.64. The molecule has 0 bridgehead atoms. The van der Waals surface area contributed by atoms with Crippen molar-refractivity contribution in [3.63, 3.8) is 0 Å². The van der Waals surface area contributed by atoms with Crippen LogP contribution < -0.4 is 5.48 Å². The number of nitrogens with one attached hydrogen (secondary N) is 1. The van der Waals surface area contributed by atoms with Crippen LogP contribution in [0.1, 0.15) is 12.0 Å². The summed E-state index contributed by atoms with van der Waals surface area (Å²) < 4.78 is 61.1. The molecule has 0 fully saturated rings. The molecule has 1 aromatic carbocycles. The van der Waals surface area contributed by atoms with E-state index in [0.29, 0.717) is 0 Å². The van der Waals surface area contributed by atoms with Crippen LogP contribution in [0.4, 0.5) is 18.9 Å². The monoisotopic (exact) mass is 371 g/mol. The molecule has 0 aliphatic heterocycles. The van der Waals surface area contributed by atoms with Crippen LogP contribution in [0.3, 0.4) is 0 Å². The second-order valence-electron chi connectivity index (χ2n) is 4.49. The number of carbonyl (C=O) groups excluding carboxylic acids is 1. The molecule has 0 saturated carbocycles. The average Bonchev–Trinajstić information content (AvgIpc) is 2.50. The number of nitro benzene ring substituents is 1. The lowest BCUT2D eigenvalue weighted by Crippen LogP contribution is -2.42. The molecule has 13 heteroatoms. The Morgan fingerprint density at radius 1 is 1.29 bits per heavy atom. The standard InChI is InChI=1S/C11H12F3N3O6S/c12-11(13,14)24(22,23)16(6-5-10(18)15-19)7-8-1-3-9(4-2-8)17(20)21/h1-4,19H,5-7H2,(H,15,18). The van der Waals surface area contributed by atoms with E-state index in [2.05, 4.69) is 0 Å². The maximum absolute atomic E-state index is 12.7. The largest absolute Gasteiger partial charge is 0.511 e. The molecule has 0 aliphatic rings. The maximum Gasteiger partial charge on any atom is 0.511 e. The first kappa shape index (κ1) is 19.8. The molecule has 1 aromatic rings. The van der Waals surface area contributed by atoms with E-state index in [1.54, 1.807) is 0 Å². The fourth-order valence-corrected chi connectivity index (χ4v) is 2.58. The summed E-state index contributed by atoms with van der Waals surface area (Å²) in [4.78, 5) is 20.7. The molecule has 0 unspecified atom stereocenters. The molecule has 0 radical (unpaired) electrons. The predicted molar refractivity (Wildman–Crippen MR) is 73.0 cm³/mol. The van der Waals surface area contributed by atoms with Gasteiger partial charge >= 0.3 is 15.5 Å². The Kier molecular flexibility index (Phi) is 6.22. The van der Waals surface area contributed by atoms with Gasteiger partial charge in [-0.15, -0.1) is 0 Å². The zero-order chi connectivity index (χ0) is 18.5. The Morgan fingerprint density at radius 3 is 2.25 bits per heavy atom. The van der Waals surface area contributed by atoms with Crippen molar-refractivity contribution < 1.29 is 36.5 Å². The highest BCUT2D eigenvalue weighted by Gasteiger charge is 2.49. The first-order valence-corrected chi connectivity index (χ1v) is 7.65. The molecule has 0 aliphatic carbocycles. The quantitative estimate of drug-likeness (QED) is 0.420. The van der Waals surface area contributed by atoms with Crippen molar-refractivity contribution in [3.05, 3.63) is 39.9 Å². The summed E-state index contributed by atoms with van der Waals surface area (Å²) in [5, 5.41) is 18.8. The summed E-state index contributed by atoms with van der Waals surface area (Å²) in [5.41, 5.74) is -4.66. The molecule has 0 spiro atoms. The second kappa shape index (κ2) is 7.55. The smallest absolute Gasteiger partial charge is 0.289 e. The number of nitro groups is 1. The highest BCUT2D eigenvalue weighted by molar-refractivity contribution is 7.89. The molecule has 2 N–H and O–H groups in total. The zero-order valence-corrected chi connectivity index (χ0v) is 12.7. The number of benzene rings is 1. The third kappa shape index (κ3) is 4.87. The Morgan fingerprint density at radius 2 is 1.83 bits per heavy atom. The average molecular weight is 371 g/mol. The summed E-state index contributed by atoms with van der Waals surface area (Å²) in [7, 11) is -5.73. The highest BCUT2D eigenvalue weighted by atomic mass is 32.2. The van der Waals surface area contributed by atoms with Crippen molar-refractivity contribution in [2.45, 2.75) is 18.5 Å². The molecule has 0 atom stereocenters. The van der Waals surface area contributed by atoms with Gasteiger partial charge in [0.1, 0.15) is 0 Å². The summed E-state index contributed by atoms with van der Waals surface area (Å²) >= 11 is 0. The van der Waals surface area contributed by atoms with Crippen molar-refractivity contribution in [1.82, 2.24) is 9.79 Å². The predicted octanol–water partition coefficient (Wildman–Crippen LogP) is 1.14. The Balaban J connectivity index is 3.05. The number of alkyl halides is 3. The molecule has 0 saturated heterocycles. The van der Waals surface area contributed by atoms with E-state index < -0.39 is 45.9 Å². The van der Waals surface area contributed by atoms with Crippen molar-refractivity contribution in [1.29, 1.82) is 0 Å². The second-order valence-corrected chi connectivity index (χ2v) is 6.42. The number of nitrogens with zero attached hydrogens (tertiary/aromatic N) is 2. The van der Waals surface area contributed by atoms with Gasteiger partial charge in [0.2, 0.25) is 5.91 Å². The van der Waals surface area contributed by atoms with Gasteiger partial charge in [-0.05, 0) is 5.56 Å². The van der Waals surface area contributed by atoms with Crippen LogP contribution in [0.25, 0.3) is 0 Å². The van der Waals surface area contributed by atoms with Crippen LogP contribution in [0, 0.1) is 10.1 Å². The van der Waals surface area contributed by atoms with Gasteiger partial charge in [-0.3, -0.25) is 20.1 Å². The van der Waals surface area contributed by atoms with Gasteiger partial charge in [-0.25, -0.2) is 13.9 Å².